The van der Waals surface area contributed by atoms with Gasteiger partial charge in [-0.05, 0) is 27.8 Å². The molecule has 1 atom stereocenters. The molecule has 0 aromatic heterocycles. The molecule has 0 saturated carbocycles. The lowest BCUT2D eigenvalue weighted by Crippen LogP contribution is -2.39. The first-order valence-electron chi connectivity index (χ1n) is 12.6. The van der Waals surface area contributed by atoms with Gasteiger partial charge >= 0.3 is 12.1 Å². The van der Waals surface area contributed by atoms with Crippen molar-refractivity contribution in [1.29, 1.82) is 0 Å². The lowest BCUT2D eigenvalue weighted by atomic mass is 9.98. The standard InChI is InChI=1S/C30H32N2O6/c1-37-22(17-28(33)32(16-15-29(34)35)19-21-9-3-2-4-10-21)18-31-30(36)38-20-27-25-13-7-5-11-23(25)24-12-6-8-14-26(24)27/h2-14,22,27H,15-20H2,1H3,(H,31,36)(H,34,35). The van der Waals surface area contributed by atoms with E-state index in [1.165, 1.54) is 12.0 Å². The van der Waals surface area contributed by atoms with Gasteiger partial charge in [0.1, 0.15) is 6.61 Å². The smallest absolute Gasteiger partial charge is 0.407 e. The third kappa shape index (κ3) is 6.77. The zero-order valence-electron chi connectivity index (χ0n) is 21.3. The Kier molecular flexibility index (Phi) is 9.11. The molecule has 3 aromatic carbocycles. The van der Waals surface area contributed by atoms with Crippen LogP contribution in [0, 0.1) is 0 Å². The number of aliphatic carboxylic acids is 1. The van der Waals surface area contributed by atoms with Crippen LogP contribution in [0.4, 0.5) is 4.79 Å². The van der Waals surface area contributed by atoms with Gasteiger partial charge in [0.05, 0.1) is 18.9 Å². The van der Waals surface area contributed by atoms with E-state index in [4.69, 9.17) is 14.6 Å². The monoisotopic (exact) mass is 516 g/mol. The molecule has 1 aliphatic rings. The summed E-state index contributed by atoms with van der Waals surface area (Å²) < 4.78 is 11.0. The average Bonchev–Trinajstić information content (AvgIpc) is 3.26. The molecule has 1 unspecified atom stereocenters. The van der Waals surface area contributed by atoms with Crippen LogP contribution < -0.4 is 5.32 Å². The Morgan fingerprint density at radius 1 is 0.921 bits per heavy atom. The topological polar surface area (TPSA) is 105 Å². The molecule has 4 rings (SSSR count). The Bertz CT molecular complexity index is 1220. The number of hydrogen-bond donors (Lipinski definition) is 2. The Morgan fingerprint density at radius 2 is 1.53 bits per heavy atom. The summed E-state index contributed by atoms with van der Waals surface area (Å²) in [5.41, 5.74) is 5.46. The van der Waals surface area contributed by atoms with E-state index in [9.17, 15) is 14.4 Å². The van der Waals surface area contributed by atoms with E-state index in [0.29, 0.717) is 6.54 Å². The Labute approximate surface area is 222 Å². The van der Waals surface area contributed by atoms with Crippen molar-refractivity contribution in [2.45, 2.75) is 31.4 Å². The number of carbonyl (C=O) groups excluding carboxylic acids is 2. The molecule has 0 bridgehead atoms. The van der Waals surface area contributed by atoms with Crippen molar-refractivity contribution in [2.75, 3.05) is 26.8 Å². The number of carboxylic acids is 1. The van der Waals surface area contributed by atoms with Gasteiger partial charge in [-0.15, -0.1) is 0 Å². The SMILES string of the molecule is COC(CNC(=O)OCC1c2ccccc2-c2ccccc21)CC(=O)N(CCC(=O)O)Cc1ccccc1. The quantitative estimate of drug-likeness (QED) is 0.369. The van der Waals surface area contributed by atoms with Crippen molar-refractivity contribution in [2.24, 2.45) is 0 Å². The molecule has 0 spiro atoms. The number of fused-ring (bicyclic) bond motifs is 3. The van der Waals surface area contributed by atoms with Crippen LogP contribution >= 0.6 is 0 Å². The highest BCUT2D eigenvalue weighted by Gasteiger charge is 2.29. The first-order chi connectivity index (χ1) is 18.5. The number of amides is 2. The second-order valence-corrected chi connectivity index (χ2v) is 9.21. The minimum atomic E-state index is -0.976. The third-order valence-corrected chi connectivity index (χ3v) is 6.72. The Hall–Kier alpha value is -4.17. The number of benzene rings is 3. The molecular weight excluding hydrogens is 484 g/mol. The Balaban J connectivity index is 1.30. The average molecular weight is 517 g/mol. The summed E-state index contributed by atoms with van der Waals surface area (Å²) >= 11 is 0. The van der Waals surface area contributed by atoms with Gasteiger partial charge in [-0.3, -0.25) is 9.59 Å². The fraction of sp³-hybridized carbons (Fsp3) is 0.300. The summed E-state index contributed by atoms with van der Waals surface area (Å²) in [6.07, 6.45) is -1.35. The molecule has 8 nitrogen and oxygen atoms in total. The number of hydrogen-bond acceptors (Lipinski definition) is 5. The lowest BCUT2D eigenvalue weighted by molar-refractivity contribution is -0.139. The van der Waals surface area contributed by atoms with Crippen molar-refractivity contribution in [3.8, 4) is 11.1 Å². The summed E-state index contributed by atoms with van der Waals surface area (Å²) in [5, 5.41) is 11.8. The maximum absolute atomic E-state index is 13.0. The molecule has 2 amide bonds. The van der Waals surface area contributed by atoms with Crippen LogP contribution in [-0.4, -0.2) is 60.9 Å². The third-order valence-electron chi connectivity index (χ3n) is 6.72. The lowest BCUT2D eigenvalue weighted by Gasteiger charge is -2.25. The predicted molar refractivity (Wildman–Crippen MR) is 143 cm³/mol. The molecule has 0 heterocycles. The minimum absolute atomic E-state index is 0.00733. The fourth-order valence-corrected chi connectivity index (χ4v) is 4.74. The van der Waals surface area contributed by atoms with E-state index >= 15 is 0 Å². The van der Waals surface area contributed by atoms with E-state index in [2.05, 4.69) is 29.6 Å². The number of ether oxygens (including phenoxy) is 2. The molecule has 0 saturated heterocycles. The van der Waals surface area contributed by atoms with Crippen molar-refractivity contribution in [1.82, 2.24) is 10.2 Å². The summed E-state index contributed by atoms with van der Waals surface area (Å²) in [5.74, 6) is -1.28. The van der Waals surface area contributed by atoms with Crippen LogP contribution in [0.1, 0.15) is 35.4 Å². The maximum Gasteiger partial charge on any atom is 0.407 e. The molecule has 198 valence electrons. The Morgan fingerprint density at radius 3 is 2.13 bits per heavy atom. The van der Waals surface area contributed by atoms with Crippen LogP contribution in [0.5, 0.6) is 0 Å². The van der Waals surface area contributed by atoms with Gasteiger partial charge < -0.3 is 24.8 Å². The summed E-state index contributed by atoms with van der Waals surface area (Å²) in [6, 6.07) is 25.6. The number of carbonyl (C=O) groups is 3. The number of alkyl carbamates (subject to hydrolysis) is 1. The summed E-state index contributed by atoms with van der Waals surface area (Å²) in [6.45, 7) is 0.649. The van der Waals surface area contributed by atoms with Crippen LogP contribution in [0.25, 0.3) is 11.1 Å². The van der Waals surface area contributed by atoms with Crippen molar-refractivity contribution >= 4 is 18.0 Å². The number of nitrogens with zero attached hydrogens (tertiary/aromatic N) is 1. The van der Waals surface area contributed by atoms with Crippen LogP contribution in [0.2, 0.25) is 0 Å². The second-order valence-electron chi connectivity index (χ2n) is 9.21. The summed E-state index contributed by atoms with van der Waals surface area (Å²) in [7, 11) is 1.47. The van der Waals surface area contributed by atoms with Crippen LogP contribution in [-0.2, 0) is 25.6 Å². The highest BCUT2D eigenvalue weighted by atomic mass is 16.5. The largest absolute Gasteiger partial charge is 0.481 e. The first-order valence-corrected chi connectivity index (χ1v) is 12.6. The van der Waals surface area contributed by atoms with E-state index in [1.54, 1.807) is 0 Å². The molecule has 0 radical (unpaired) electrons. The van der Waals surface area contributed by atoms with Gasteiger partial charge in [0.15, 0.2) is 0 Å². The van der Waals surface area contributed by atoms with Gasteiger partial charge in [-0.1, -0.05) is 78.9 Å². The molecule has 38 heavy (non-hydrogen) atoms. The molecule has 2 N–H and O–H groups in total. The maximum atomic E-state index is 13.0. The molecule has 0 fully saturated rings. The van der Waals surface area contributed by atoms with Crippen molar-refractivity contribution < 1.29 is 29.0 Å². The zero-order valence-corrected chi connectivity index (χ0v) is 21.3. The highest BCUT2D eigenvalue weighted by Crippen LogP contribution is 2.44. The molecule has 1 aliphatic carbocycles. The van der Waals surface area contributed by atoms with Gasteiger partial charge in [0.2, 0.25) is 5.91 Å². The van der Waals surface area contributed by atoms with Gasteiger partial charge in [0, 0.05) is 32.7 Å². The van der Waals surface area contributed by atoms with Crippen LogP contribution in [0.3, 0.4) is 0 Å². The number of carboxylic acid groups (broad SMARTS) is 1. The first kappa shape index (κ1) is 26.9. The fourth-order valence-electron chi connectivity index (χ4n) is 4.74. The zero-order chi connectivity index (χ0) is 26.9. The molecule has 0 aliphatic heterocycles. The number of nitrogens with one attached hydrogen (secondary N) is 1. The normalized spacial score (nSPS) is 12.8. The van der Waals surface area contributed by atoms with E-state index in [-0.39, 0.29) is 44.4 Å². The molecule has 8 heteroatoms. The van der Waals surface area contributed by atoms with E-state index < -0.39 is 18.2 Å². The van der Waals surface area contributed by atoms with Gasteiger partial charge in [-0.2, -0.15) is 0 Å². The van der Waals surface area contributed by atoms with Gasteiger partial charge in [0.25, 0.3) is 0 Å². The van der Waals surface area contributed by atoms with E-state index in [1.807, 2.05) is 54.6 Å². The number of rotatable bonds is 12. The van der Waals surface area contributed by atoms with Crippen LogP contribution in [0.15, 0.2) is 78.9 Å². The minimum Gasteiger partial charge on any atom is -0.481 e. The second kappa shape index (κ2) is 12.9. The highest BCUT2D eigenvalue weighted by molar-refractivity contribution is 5.79. The van der Waals surface area contributed by atoms with Crippen molar-refractivity contribution in [3.63, 3.8) is 0 Å². The number of methoxy groups -OCH3 is 1. The van der Waals surface area contributed by atoms with Gasteiger partial charge in [-0.25, -0.2) is 4.79 Å². The van der Waals surface area contributed by atoms with E-state index in [0.717, 1.165) is 27.8 Å². The summed E-state index contributed by atoms with van der Waals surface area (Å²) in [4.78, 5) is 38.2. The predicted octanol–water partition coefficient (Wildman–Crippen LogP) is 4.43. The van der Waals surface area contributed by atoms with Crippen molar-refractivity contribution in [3.05, 3.63) is 95.6 Å². The molecular formula is C30H32N2O6. The molecule has 3 aromatic rings.